The maximum atomic E-state index is 12.2. The van der Waals surface area contributed by atoms with Crippen LogP contribution in [0.2, 0.25) is 5.02 Å². The third-order valence-electron chi connectivity index (χ3n) is 3.75. The lowest BCUT2D eigenvalue weighted by atomic mass is 9.89. The van der Waals surface area contributed by atoms with Gasteiger partial charge in [0.1, 0.15) is 0 Å². The molecule has 0 heterocycles. The molecule has 5 heteroatoms. The van der Waals surface area contributed by atoms with E-state index in [1.165, 1.54) is 0 Å². The van der Waals surface area contributed by atoms with Gasteiger partial charge in [-0.1, -0.05) is 11.6 Å². The highest BCUT2D eigenvalue weighted by Gasteiger charge is 2.20. The summed E-state index contributed by atoms with van der Waals surface area (Å²) in [5, 5.41) is 3.82. The van der Waals surface area contributed by atoms with Crippen LogP contribution in [-0.4, -0.2) is 24.1 Å². The van der Waals surface area contributed by atoms with E-state index in [4.69, 9.17) is 23.2 Å². The van der Waals surface area contributed by atoms with Crippen LogP contribution in [0, 0.1) is 5.92 Å². The highest BCUT2D eigenvalue weighted by molar-refractivity contribution is 7.98. The van der Waals surface area contributed by atoms with Gasteiger partial charge >= 0.3 is 0 Å². The maximum absolute atomic E-state index is 12.2. The highest BCUT2D eigenvalue weighted by Crippen LogP contribution is 2.27. The Labute approximate surface area is 134 Å². The van der Waals surface area contributed by atoms with Gasteiger partial charge in [-0.05, 0) is 56.1 Å². The van der Waals surface area contributed by atoms with E-state index in [1.54, 1.807) is 17.8 Å². The summed E-state index contributed by atoms with van der Waals surface area (Å²) < 4.78 is 0. The first-order valence-electron chi connectivity index (χ1n) is 6.86. The number of hydrogen-bond acceptors (Lipinski definition) is 2. The fraction of sp³-hybridized carbons (Fsp3) is 0.533. The van der Waals surface area contributed by atoms with Gasteiger partial charge in [-0.15, -0.1) is 23.4 Å². The Morgan fingerprint density at radius 1 is 1.35 bits per heavy atom. The van der Waals surface area contributed by atoms with E-state index in [0.29, 0.717) is 28.4 Å². The molecule has 0 bridgehead atoms. The van der Waals surface area contributed by atoms with Crippen molar-refractivity contribution in [1.82, 2.24) is 5.32 Å². The van der Waals surface area contributed by atoms with Crippen molar-refractivity contribution in [2.75, 3.05) is 12.8 Å². The van der Waals surface area contributed by atoms with Crippen molar-refractivity contribution in [3.05, 3.63) is 28.8 Å². The summed E-state index contributed by atoms with van der Waals surface area (Å²) in [7, 11) is 0. The minimum atomic E-state index is -0.0844. The van der Waals surface area contributed by atoms with Crippen LogP contribution in [0.3, 0.4) is 0 Å². The van der Waals surface area contributed by atoms with Crippen LogP contribution in [0.15, 0.2) is 23.1 Å². The van der Waals surface area contributed by atoms with Crippen molar-refractivity contribution >= 4 is 40.9 Å². The molecule has 0 unspecified atom stereocenters. The summed E-state index contributed by atoms with van der Waals surface area (Å²) in [6, 6.07) is 5.55. The lowest BCUT2D eigenvalue weighted by molar-refractivity contribution is 0.0943. The topological polar surface area (TPSA) is 29.1 Å². The zero-order valence-corrected chi connectivity index (χ0v) is 13.8. The van der Waals surface area contributed by atoms with Crippen molar-refractivity contribution in [3.63, 3.8) is 0 Å². The summed E-state index contributed by atoms with van der Waals surface area (Å²) in [6.07, 6.45) is 6.26. The van der Waals surface area contributed by atoms with Gasteiger partial charge < -0.3 is 5.32 Å². The normalized spacial score (nSPS) is 22.6. The molecule has 1 aromatic carbocycles. The van der Waals surface area contributed by atoms with Gasteiger partial charge in [-0.2, -0.15) is 0 Å². The first-order chi connectivity index (χ1) is 9.60. The second-order valence-electron chi connectivity index (χ2n) is 5.17. The molecule has 20 heavy (non-hydrogen) atoms. The van der Waals surface area contributed by atoms with Crippen LogP contribution in [-0.2, 0) is 0 Å². The van der Waals surface area contributed by atoms with E-state index in [9.17, 15) is 4.79 Å². The number of amides is 1. The van der Waals surface area contributed by atoms with Crippen molar-refractivity contribution in [1.29, 1.82) is 0 Å². The van der Waals surface area contributed by atoms with E-state index in [2.05, 4.69) is 5.32 Å². The quantitative estimate of drug-likeness (QED) is 0.645. The van der Waals surface area contributed by atoms with Crippen molar-refractivity contribution in [3.8, 4) is 0 Å². The molecule has 1 N–H and O–H groups in total. The molecule has 1 fully saturated rings. The number of carbonyl (C=O) groups is 1. The Morgan fingerprint density at radius 2 is 2.05 bits per heavy atom. The Morgan fingerprint density at radius 3 is 2.70 bits per heavy atom. The van der Waals surface area contributed by atoms with E-state index in [0.717, 1.165) is 30.6 Å². The van der Waals surface area contributed by atoms with E-state index >= 15 is 0 Å². The third kappa shape index (κ3) is 4.31. The molecule has 0 atom stereocenters. The monoisotopic (exact) mass is 331 g/mol. The zero-order chi connectivity index (χ0) is 14.5. The van der Waals surface area contributed by atoms with Gasteiger partial charge in [-0.25, -0.2) is 0 Å². The van der Waals surface area contributed by atoms with E-state index in [-0.39, 0.29) is 5.91 Å². The van der Waals surface area contributed by atoms with E-state index in [1.807, 2.05) is 18.4 Å². The Hall–Kier alpha value is -0.380. The number of thioether (sulfide) groups is 1. The molecule has 110 valence electrons. The SMILES string of the molecule is CSc1ccc(Cl)c(C(=O)NCC2CCC(Cl)CC2)c1. The van der Waals surface area contributed by atoms with Crippen molar-refractivity contribution in [2.24, 2.45) is 5.92 Å². The zero-order valence-electron chi connectivity index (χ0n) is 11.5. The lowest BCUT2D eigenvalue weighted by Gasteiger charge is -2.25. The molecule has 2 rings (SSSR count). The number of halogens is 2. The molecule has 2 nitrogen and oxygen atoms in total. The Balaban J connectivity index is 1.91. The average molecular weight is 332 g/mol. The molecule has 1 saturated carbocycles. The minimum absolute atomic E-state index is 0.0844. The predicted octanol–water partition coefficient (Wildman–Crippen LogP) is 4.59. The van der Waals surface area contributed by atoms with Crippen LogP contribution < -0.4 is 5.32 Å². The molecule has 0 spiro atoms. The van der Waals surface area contributed by atoms with Gasteiger partial charge in [0.15, 0.2) is 0 Å². The molecular weight excluding hydrogens is 313 g/mol. The second kappa shape index (κ2) is 7.58. The molecule has 0 saturated heterocycles. The number of benzene rings is 1. The number of alkyl halides is 1. The van der Waals surface area contributed by atoms with Crippen LogP contribution in [0.1, 0.15) is 36.0 Å². The minimum Gasteiger partial charge on any atom is -0.352 e. The molecule has 0 radical (unpaired) electrons. The second-order valence-corrected chi connectivity index (χ2v) is 7.08. The van der Waals surface area contributed by atoms with Gasteiger partial charge in [0, 0.05) is 16.8 Å². The summed E-state index contributed by atoms with van der Waals surface area (Å²) in [5.74, 6) is 0.454. The highest BCUT2D eigenvalue weighted by atomic mass is 35.5. The van der Waals surface area contributed by atoms with Crippen molar-refractivity contribution in [2.45, 2.75) is 36.0 Å². The van der Waals surface area contributed by atoms with Crippen molar-refractivity contribution < 1.29 is 4.79 Å². The maximum Gasteiger partial charge on any atom is 0.252 e. The molecule has 1 aliphatic carbocycles. The Kier molecular flexibility index (Phi) is 6.06. The fourth-order valence-electron chi connectivity index (χ4n) is 2.46. The number of rotatable bonds is 4. The average Bonchev–Trinajstić information content (AvgIpc) is 2.47. The van der Waals surface area contributed by atoms with Crippen LogP contribution in [0.25, 0.3) is 0 Å². The molecule has 1 aromatic rings. The summed E-state index contributed by atoms with van der Waals surface area (Å²) in [4.78, 5) is 13.3. The van der Waals surface area contributed by atoms with E-state index < -0.39 is 0 Å². The molecule has 0 aliphatic heterocycles. The lowest BCUT2D eigenvalue weighted by Crippen LogP contribution is -2.31. The van der Waals surface area contributed by atoms with Gasteiger partial charge in [0.05, 0.1) is 10.6 Å². The summed E-state index contributed by atoms with van der Waals surface area (Å²) in [6.45, 7) is 0.711. The smallest absolute Gasteiger partial charge is 0.252 e. The van der Waals surface area contributed by atoms with Gasteiger partial charge in [-0.3, -0.25) is 4.79 Å². The summed E-state index contributed by atoms with van der Waals surface area (Å²) in [5.41, 5.74) is 0.560. The largest absolute Gasteiger partial charge is 0.352 e. The molecule has 1 amide bonds. The first kappa shape index (κ1) is 16.0. The Bertz CT molecular complexity index is 473. The van der Waals surface area contributed by atoms with Crippen LogP contribution in [0.5, 0.6) is 0 Å². The fourth-order valence-corrected chi connectivity index (χ4v) is 3.36. The first-order valence-corrected chi connectivity index (χ1v) is 8.90. The summed E-state index contributed by atoms with van der Waals surface area (Å²) >= 11 is 13.8. The number of hydrogen-bond donors (Lipinski definition) is 1. The number of nitrogens with one attached hydrogen (secondary N) is 1. The van der Waals surface area contributed by atoms with Crippen LogP contribution in [0.4, 0.5) is 0 Å². The third-order valence-corrected chi connectivity index (χ3v) is 5.24. The van der Waals surface area contributed by atoms with Gasteiger partial charge in [0.25, 0.3) is 5.91 Å². The number of carbonyl (C=O) groups excluding carboxylic acids is 1. The molecule has 1 aliphatic rings. The molecular formula is C15H19Cl2NOS. The predicted molar refractivity (Wildman–Crippen MR) is 87.2 cm³/mol. The van der Waals surface area contributed by atoms with Crippen LogP contribution >= 0.6 is 35.0 Å². The van der Waals surface area contributed by atoms with Gasteiger partial charge in [0.2, 0.25) is 0 Å². The standard InChI is InChI=1S/C15H19Cl2NOS/c1-20-12-6-7-14(17)13(8-12)15(19)18-9-10-2-4-11(16)5-3-10/h6-8,10-11H,2-5,9H2,1H3,(H,18,19). The molecule has 0 aromatic heterocycles.